The number of nitrogens with zero attached hydrogens (tertiary/aromatic N) is 1. The van der Waals surface area contributed by atoms with Gasteiger partial charge in [-0.2, -0.15) is 11.8 Å². The number of halogens is 1. The van der Waals surface area contributed by atoms with Gasteiger partial charge >= 0.3 is 0 Å². The van der Waals surface area contributed by atoms with Crippen molar-refractivity contribution in [3.8, 4) is 0 Å². The molecule has 1 aliphatic rings. The summed E-state index contributed by atoms with van der Waals surface area (Å²) in [5.74, 6) is 2.07. The van der Waals surface area contributed by atoms with E-state index < -0.39 is 0 Å². The van der Waals surface area contributed by atoms with Gasteiger partial charge in [0.05, 0.1) is 6.54 Å². The molecule has 1 aliphatic heterocycles. The third-order valence-corrected chi connectivity index (χ3v) is 5.79. The van der Waals surface area contributed by atoms with Gasteiger partial charge in [0, 0.05) is 29.9 Å². The highest BCUT2D eigenvalue weighted by Gasteiger charge is 2.29. The molecule has 26 heavy (non-hydrogen) atoms. The first-order valence-corrected chi connectivity index (χ1v) is 10.1. The standard InChI is InChI=1S/C19H30N4OS.HI/c1-4-20-17(24)16-9-7-15(8-10-16)13-22-18(21-5-2)23-14-19(3)11-6-12-25-19;/h7-10H,4-6,11-14H2,1-3H3,(H,20,24)(H2,21,22,23);1H. The molecule has 1 saturated heterocycles. The molecule has 3 N–H and O–H groups in total. The first kappa shape index (κ1) is 23.1. The lowest BCUT2D eigenvalue weighted by atomic mass is 10.1. The molecule has 0 radical (unpaired) electrons. The Hall–Kier alpha value is -0.960. The van der Waals surface area contributed by atoms with E-state index in [9.17, 15) is 4.79 Å². The van der Waals surface area contributed by atoms with E-state index in [1.165, 1.54) is 18.6 Å². The Balaban J connectivity index is 0.00000338. The second-order valence-electron chi connectivity index (χ2n) is 6.51. The summed E-state index contributed by atoms with van der Waals surface area (Å²) >= 11 is 2.04. The minimum atomic E-state index is -0.0325. The molecule has 0 aliphatic carbocycles. The van der Waals surface area contributed by atoms with E-state index in [4.69, 9.17) is 0 Å². The van der Waals surface area contributed by atoms with Gasteiger partial charge in [-0.1, -0.05) is 12.1 Å². The maximum atomic E-state index is 11.8. The van der Waals surface area contributed by atoms with Crippen LogP contribution in [-0.4, -0.2) is 42.0 Å². The van der Waals surface area contributed by atoms with Crippen LogP contribution in [0.5, 0.6) is 0 Å². The van der Waals surface area contributed by atoms with Crippen LogP contribution in [0.15, 0.2) is 29.3 Å². The van der Waals surface area contributed by atoms with E-state index in [1.807, 2.05) is 43.0 Å². The zero-order chi connectivity index (χ0) is 18.1. The predicted octanol–water partition coefficient (Wildman–Crippen LogP) is 3.40. The molecule has 1 aromatic carbocycles. The van der Waals surface area contributed by atoms with E-state index in [-0.39, 0.29) is 29.9 Å². The van der Waals surface area contributed by atoms with Crippen molar-refractivity contribution in [1.29, 1.82) is 0 Å². The summed E-state index contributed by atoms with van der Waals surface area (Å²) in [5.41, 5.74) is 1.78. The SMILES string of the molecule is CCNC(=O)c1ccc(CN=C(NCC)NCC2(C)CCCS2)cc1.I. The van der Waals surface area contributed by atoms with Crippen LogP contribution < -0.4 is 16.0 Å². The van der Waals surface area contributed by atoms with E-state index >= 15 is 0 Å². The lowest BCUT2D eigenvalue weighted by Crippen LogP contribution is -2.43. The topological polar surface area (TPSA) is 65.5 Å². The number of nitrogens with one attached hydrogen (secondary N) is 3. The summed E-state index contributed by atoms with van der Waals surface area (Å²) in [6.07, 6.45) is 2.56. The van der Waals surface area contributed by atoms with Crippen molar-refractivity contribution in [2.45, 2.75) is 44.9 Å². The van der Waals surface area contributed by atoms with Crippen molar-refractivity contribution >= 4 is 47.6 Å². The maximum Gasteiger partial charge on any atom is 0.251 e. The quantitative estimate of drug-likeness (QED) is 0.312. The third-order valence-electron chi connectivity index (χ3n) is 4.25. The molecule has 0 aromatic heterocycles. The molecule has 7 heteroatoms. The van der Waals surface area contributed by atoms with Crippen LogP contribution in [0.1, 0.15) is 49.5 Å². The van der Waals surface area contributed by atoms with Gasteiger partial charge in [0.25, 0.3) is 5.91 Å². The fraction of sp³-hybridized carbons (Fsp3) is 0.579. The number of benzene rings is 1. The van der Waals surface area contributed by atoms with Crippen molar-refractivity contribution < 1.29 is 4.79 Å². The van der Waals surface area contributed by atoms with Crippen molar-refractivity contribution in [1.82, 2.24) is 16.0 Å². The van der Waals surface area contributed by atoms with Crippen LogP contribution in [0.2, 0.25) is 0 Å². The minimum Gasteiger partial charge on any atom is -0.357 e. The largest absolute Gasteiger partial charge is 0.357 e. The Morgan fingerprint density at radius 1 is 1.15 bits per heavy atom. The van der Waals surface area contributed by atoms with E-state index in [0.717, 1.165) is 24.6 Å². The zero-order valence-electron chi connectivity index (χ0n) is 15.9. The highest BCUT2D eigenvalue weighted by Crippen LogP contribution is 2.36. The highest BCUT2D eigenvalue weighted by atomic mass is 127. The Labute approximate surface area is 178 Å². The zero-order valence-corrected chi connectivity index (χ0v) is 19.1. The predicted molar refractivity (Wildman–Crippen MR) is 123 cm³/mol. The van der Waals surface area contributed by atoms with Crippen molar-refractivity contribution in [3.05, 3.63) is 35.4 Å². The monoisotopic (exact) mass is 490 g/mol. The number of guanidine groups is 1. The number of carbonyl (C=O) groups excluding carboxylic acids is 1. The average Bonchev–Trinajstić information content (AvgIpc) is 3.05. The van der Waals surface area contributed by atoms with Gasteiger partial charge in [0.1, 0.15) is 0 Å². The Bertz CT molecular complexity index is 586. The number of hydrogen-bond acceptors (Lipinski definition) is 3. The summed E-state index contributed by atoms with van der Waals surface area (Å²) in [6.45, 7) is 9.31. The van der Waals surface area contributed by atoms with Gasteiger partial charge in [-0.25, -0.2) is 4.99 Å². The fourth-order valence-electron chi connectivity index (χ4n) is 2.78. The molecule has 146 valence electrons. The van der Waals surface area contributed by atoms with Crippen LogP contribution in [-0.2, 0) is 6.54 Å². The molecule has 5 nitrogen and oxygen atoms in total. The molecule has 2 rings (SSSR count). The van der Waals surface area contributed by atoms with Crippen molar-refractivity contribution in [2.24, 2.45) is 4.99 Å². The number of aliphatic imine (C=N–C) groups is 1. The van der Waals surface area contributed by atoms with E-state index in [2.05, 4.69) is 34.8 Å². The lowest BCUT2D eigenvalue weighted by molar-refractivity contribution is 0.0956. The summed E-state index contributed by atoms with van der Waals surface area (Å²) in [5, 5.41) is 9.59. The Morgan fingerprint density at radius 3 is 2.42 bits per heavy atom. The van der Waals surface area contributed by atoms with Crippen LogP contribution in [0, 0.1) is 0 Å². The summed E-state index contributed by atoms with van der Waals surface area (Å²) in [7, 11) is 0. The first-order chi connectivity index (χ1) is 12.1. The second kappa shape index (κ2) is 11.7. The molecule has 0 spiro atoms. The molecule has 1 amide bonds. The summed E-state index contributed by atoms with van der Waals surface area (Å²) in [4.78, 5) is 16.5. The molecule has 1 unspecified atom stereocenters. The lowest BCUT2D eigenvalue weighted by Gasteiger charge is -2.24. The molecule has 1 atom stereocenters. The number of amides is 1. The van der Waals surface area contributed by atoms with Gasteiger partial charge in [-0.05, 0) is 57.1 Å². The fourth-order valence-corrected chi connectivity index (χ4v) is 4.03. The summed E-state index contributed by atoms with van der Waals surface area (Å²) in [6, 6.07) is 7.64. The Morgan fingerprint density at radius 2 is 1.85 bits per heavy atom. The van der Waals surface area contributed by atoms with Crippen LogP contribution >= 0.6 is 35.7 Å². The molecule has 1 fully saturated rings. The van der Waals surface area contributed by atoms with E-state index in [1.54, 1.807) is 0 Å². The molecule has 0 saturated carbocycles. The van der Waals surface area contributed by atoms with Crippen LogP contribution in [0.4, 0.5) is 0 Å². The van der Waals surface area contributed by atoms with Crippen molar-refractivity contribution in [2.75, 3.05) is 25.4 Å². The molecule has 1 aromatic rings. The number of hydrogen-bond donors (Lipinski definition) is 3. The van der Waals surface area contributed by atoms with Crippen LogP contribution in [0.25, 0.3) is 0 Å². The van der Waals surface area contributed by atoms with Crippen molar-refractivity contribution in [3.63, 3.8) is 0 Å². The highest BCUT2D eigenvalue weighted by molar-refractivity contribution is 14.0. The number of thioether (sulfide) groups is 1. The van der Waals surface area contributed by atoms with Gasteiger partial charge < -0.3 is 16.0 Å². The van der Waals surface area contributed by atoms with E-state index in [0.29, 0.717) is 23.4 Å². The number of carbonyl (C=O) groups is 1. The molecular formula is C19H31IN4OS. The smallest absolute Gasteiger partial charge is 0.251 e. The molecular weight excluding hydrogens is 459 g/mol. The maximum absolute atomic E-state index is 11.8. The molecule has 0 bridgehead atoms. The summed E-state index contributed by atoms with van der Waals surface area (Å²) < 4.78 is 0.310. The Kier molecular flexibility index (Phi) is 10.4. The van der Waals surface area contributed by atoms with Crippen LogP contribution in [0.3, 0.4) is 0 Å². The molecule has 1 heterocycles. The minimum absolute atomic E-state index is 0. The van der Waals surface area contributed by atoms with Gasteiger partial charge in [-0.3, -0.25) is 4.79 Å². The second-order valence-corrected chi connectivity index (χ2v) is 8.19. The third kappa shape index (κ3) is 7.34. The van der Waals surface area contributed by atoms with Gasteiger partial charge in [0.2, 0.25) is 0 Å². The first-order valence-electron chi connectivity index (χ1n) is 9.09. The number of rotatable bonds is 7. The normalized spacial score (nSPS) is 19.6. The van der Waals surface area contributed by atoms with Gasteiger partial charge in [-0.15, -0.1) is 24.0 Å². The average molecular weight is 490 g/mol. The van der Waals surface area contributed by atoms with Gasteiger partial charge in [0.15, 0.2) is 5.96 Å².